The van der Waals surface area contributed by atoms with Crippen LogP contribution >= 0.6 is 0 Å². The van der Waals surface area contributed by atoms with Crippen molar-refractivity contribution in [2.45, 2.75) is 20.8 Å². The lowest BCUT2D eigenvalue weighted by Gasteiger charge is -2.18. The fraction of sp³-hybridized carbons (Fsp3) is 0.100. The molecule has 4 aromatic rings. The highest BCUT2D eigenvalue weighted by Crippen LogP contribution is 2.39. The molecule has 5 rings (SSSR count). The van der Waals surface area contributed by atoms with Gasteiger partial charge < -0.3 is 10.2 Å². The predicted molar refractivity (Wildman–Crippen MR) is 145 cm³/mol. The minimum absolute atomic E-state index is 0.102. The zero-order valence-corrected chi connectivity index (χ0v) is 20.6. The number of amides is 1. The lowest BCUT2D eigenvalue weighted by molar-refractivity contribution is -0.111. The minimum atomic E-state index is -1.05. The Morgan fingerprint density at radius 3 is 2.41 bits per heavy atom. The monoisotopic (exact) mass is 491 g/mol. The van der Waals surface area contributed by atoms with Crippen LogP contribution in [0.1, 0.15) is 32.6 Å². The van der Waals surface area contributed by atoms with Crippen molar-refractivity contribution >= 4 is 34.7 Å². The van der Waals surface area contributed by atoms with Gasteiger partial charge in [0.15, 0.2) is 5.71 Å². The molecule has 1 aliphatic rings. The molecule has 7 heteroatoms. The highest BCUT2D eigenvalue weighted by atomic mass is 16.4. The molecule has 0 aliphatic carbocycles. The van der Waals surface area contributed by atoms with Crippen molar-refractivity contribution in [1.82, 2.24) is 0 Å². The molecule has 0 aromatic heterocycles. The summed E-state index contributed by atoms with van der Waals surface area (Å²) >= 11 is 0. The SMILES string of the molecule is Cc1ccc2c(c1)N(c1ccc(C)c(C)c1)C(=O)/C2=N\Nc1cccc(-c2cccc(C(=O)O)c2)c1O. The summed E-state index contributed by atoms with van der Waals surface area (Å²) in [7, 11) is 0. The molecule has 1 heterocycles. The molecule has 0 bridgehead atoms. The number of aryl methyl sites for hydroxylation is 3. The third kappa shape index (κ3) is 4.31. The van der Waals surface area contributed by atoms with E-state index in [-0.39, 0.29) is 28.6 Å². The van der Waals surface area contributed by atoms with Gasteiger partial charge in [0, 0.05) is 16.8 Å². The number of hydrazone groups is 1. The van der Waals surface area contributed by atoms with Crippen molar-refractivity contribution in [2.75, 3.05) is 10.3 Å². The van der Waals surface area contributed by atoms with Crippen molar-refractivity contribution in [3.05, 3.63) is 107 Å². The number of nitrogens with zero attached hydrogens (tertiary/aromatic N) is 2. The van der Waals surface area contributed by atoms with Crippen LogP contribution in [0.3, 0.4) is 0 Å². The summed E-state index contributed by atoms with van der Waals surface area (Å²) in [6.45, 7) is 6.01. The zero-order valence-electron chi connectivity index (χ0n) is 20.6. The summed E-state index contributed by atoms with van der Waals surface area (Å²) in [4.78, 5) is 26.6. The number of benzene rings is 4. The van der Waals surface area contributed by atoms with E-state index < -0.39 is 5.97 Å². The maximum absolute atomic E-state index is 13.6. The number of carbonyl (C=O) groups is 2. The second-order valence-corrected chi connectivity index (χ2v) is 9.09. The van der Waals surface area contributed by atoms with E-state index in [2.05, 4.69) is 10.5 Å². The first-order chi connectivity index (χ1) is 17.7. The van der Waals surface area contributed by atoms with Gasteiger partial charge in [0.2, 0.25) is 0 Å². The maximum atomic E-state index is 13.6. The Bertz CT molecular complexity index is 1610. The molecule has 3 N–H and O–H groups in total. The first-order valence-electron chi connectivity index (χ1n) is 11.8. The topological polar surface area (TPSA) is 102 Å². The Labute approximate surface area is 214 Å². The third-order valence-electron chi connectivity index (χ3n) is 6.55. The summed E-state index contributed by atoms with van der Waals surface area (Å²) in [6, 6.07) is 23.0. The number of aromatic hydroxyl groups is 1. The largest absolute Gasteiger partial charge is 0.505 e. The number of phenolic OH excluding ortho intramolecular Hbond substituents is 1. The fourth-order valence-corrected chi connectivity index (χ4v) is 4.39. The van der Waals surface area contributed by atoms with Crippen LogP contribution < -0.4 is 10.3 Å². The number of nitrogens with one attached hydrogen (secondary N) is 1. The average Bonchev–Trinajstić information content (AvgIpc) is 3.15. The van der Waals surface area contributed by atoms with Crippen molar-refractivity contribution in [3.8, 4) is 16.9 Å². The van der Waals surface area contributed by atoms with Gasteiger partial charge in [-0.3, -0.25) is 15.1 Å². The molecule has 1 aliphatic heterocycles. The van der Waals surface area contributed by atoms with E-state index in [4.69, 9.17) is 0 Å². The van der Waals surface area contributed by atoms with Gasteiger partial charge in [0.05, 0.1) is 16.9 Å². The van der Waals surface area contributed by atoms with Gasteiger partial charge in [0.1, 0.15) is 5.75 Å². The van der Waals surface area contributed by atoms with Gasteiger partial charge in [0.25, 0.3) is 5.91 Å². The molecule has 0 unspecified atom stereocenters. The van der Waals surface area contributed by atoms with E-state index in [1.165, 1.54) is 12.1 Å². The third-order valence-corrected chi connectivity index (χ3v) is 6.55. The summed E-state index contributed by atoms with van der Waals surface area (Å²) in [6.07, 6.45) is 0. The first kappa shape index (κ1) is 23.8. The highest BCUT2D eigenvalue weighted by Gasteiger charge is 2.35. The summed E-state index contributed by atoms with van der Waals surface area (Å²) in [5, 5.41) is 24.7. The molecule has 37 heavy (non-hydrogen) atoms. The van der Waals surface area contributed by atoms with Crippen molar-refractivity contribution < 1.29 is 19.8 Å². The Kier molecular flexibility index (Phi) is 5.97. The molecule has 1 amide bonds. The first-order valence-corrected chi connectivity index (χ1v) is 11.8. The standard InChI is InChI=1S/C30H25N3O4/c1-17-10-13-24-26(14-17)33(22-12-11-18(2)19(3)15-22)29(35)27(24)32-31-25-9-5-8-23(28(25)34)20-6-4-7-21(16-20)30(36)37/h4-16,31,34H,1-3H3,(H,36,37)/b32-27-. The van der Waals surface area contributed by atoms with Crippen LogP contribution in [0.25, 0.3) is 11.1 Å². The number of carboxylic acid groups (broad SMARTS) is 1. The fourth-order valence-electron chi connectivity index (χ4n) is 4.39. The van der Waals surface area contributed by atoms with Crippen LogP contribution in [0.15, 0.2) is 84.0 Å². The molecule has 0 fully saturated rings. The Morgan fingerprint density at radius 2 is 1.65 bits per heavy atom. The van der Waals surface area contributed by atoms with E-state index in [9.17, 15) is 19.8 Å². The Hall–Kier alpha value is -4.91. The summed E-state index contributed by atoms with van der Waals surface area (Å²) in [5.74, 6) is -1.43. The molecule has 4 aromatic carbocycles. The minimum Gasteiger partial charge on any atom is -0.505 e. The van der Waals surface area contributed by atoms with E-state index >= 15 is 0 Å². The van der Waals surface area contributed by atoms with Crippen LogP contribution in [-0.4, -0.2) is 27.8 Å². The number of aromatic carboxylic acids is 1. The van der Waals surface area contributed by atoms with Crippen LogP contribution in [0.2, 0.25) is 0 Å². The van der Waals surface area contributed by atoms with Gasteiger partial charge in [-0.2, -0.15) is 5.10 Å². The normalized spacial score (nSPS) is 13.6. The Morgan fingerprint density at radius 1 is 0.865 bits per heavy atom. The number of fused-ring (bicyclic) bond motifs is 1. The van der Waals surface area contributed by atoms with Gasteiger partial charge in [-0.1, -0.05) is 42.5 Å². The number of carbonyl (C=O) groups excluding carboxylic acids is 1. The summed E-state index contributed by atoms with van der Waals surface area (Å²) < 4.78 is 0. The molecule has 184 valence electrons. The molecule has 0 radical (unpaired) electrons. The lowest BCUT2D eigenvalue weighted by atomic mass is 10.0. The molecule has 0 saturated carbocycles. The predicted octanol–water partition coefficient (Wildman–Crippen LogP) is 6.18. The molecule has 0 saturated heterocycles. The molecular weight excluding hydrogens is 466 g/mol. The van der Waals surface area contributed by atoms with Crippen molar-refractivity contribution in [1.29, 1.82) is 0 Å². The van der Waals surface area contributed by atoms with E-state index in [0.29, 0.717) is 16.7 Å². The number of phenols is 1. The number of rotatable bonds is 5. The highest BCUT2D eigenvalue weighted by molar-refractivity contribution is 6.55. The average molecular weight is 492 g/mol. The molecule has 0 atom stereocenters. The second-order valence-electron chi connectivity index (χ2n) is 9.09. The summed E-state index contributed by atoms with van der Waals surface area (Å²) in [5.41, 5.74) is 9.91. The Balaban J connectivity index is 1.53. The lowest BCUT2D eigenvalue weighted by Crippen LogP contribution is -2.26. The van der Waals surface area contributed by atoms with Gasteiger partial charge in [-0.05, 0) is 79.4 Å². The second kappa shape index (κ2) is 9.28. The van der Waals surface area contributed by atoms with Crippen molar-refractivity contribution in [3.63, 3.8) is 0 Å². The molecular formula is C30H25N3O4. The van der Waals surface area contributed by atoms with Gasteiger partial charge in [-0.25, -0.2) is 4.79 Å². The van der Waals surface area contributed by atoms with E-state index in [1.54, 1.807) is 35.2 Å². The van der Waals surface area contributed by atoms with Crippen molar-refractivity contribution in [2.24, 2.45) is 5.10 Å². The van der Waals surface area contributed by atoms with Crippen LogP contribution in [0, 0.1) is 20.8 Å². The smallest absolute Gasteiger partial charge is 0.335 e. The number of hydrogen-bond donors (Lipinski definition) is 3. The molecule has 7 nitrogen and oxygen atoms in total. The van der Waals surface area contributed by atoms with E-state index in [0.717, 1.165) is 28.1 Å². The molecule has 0 spiro atoms. The number of anilines is 3. The number of para-hydroxylation sites is 1. The maximum Gasteiger partial charge on any atom is 0.335 e. The quantitative estimate of drug-likeness (QED) is 0.229. The number of hydrogen-bond acceptors (Lipinski definition) is 5. The van der Waals surface area contributed by atoms with Crippen LogP contribution in [-0.2, 0) is 4.79 Å². The zero-order chi connectivity index (χ0) is 26.3. The van der Waals surface area contributed by atoms with Crippen LogP contribution in [0.4, 0.5) is 17.1 Å². The van der Waals surface area contributed by atoms with E-state index in [1.807, 2.05) is 57.2 Å². The van der Waals surface area contributed by atoms with Gasteiger partial charge in [-0.15, -0.1) is 0 Å². The van der Waals surface area contributed by atoms with Gasteiger partial charge >= 0.3 is 5.97 Å². The number of carboxylic acids is 1. The van der Waals surface area contributed by atoms with Crippen LogP contribution in [0.5, 0.6) is 5.75 Å².